The van der Waals surface area contributed by atoms with Gasteiger partial charge in [0.15, 0.2) is 9.04 Å². The number of rotatable bonds is 3. The van der Waals surface area contributed by atoms with Gasteiger partial charge in [-0.2, -0.15) is 0 Å². The highest BCUT2D eigenvalue weighted by molar-refractivity contribution is 6.48. The van der Waals surface area contributed by atoms with Gasteiger partial charge in [0.2, 0.25) is 5.91 Å². The minimum atomic E-state index is -1.63. The zero-order chi connectivity index (χ0) is 26.3. The summed E-state index contributed by atoms with van der Waals surface area (Å²) in [7, 11) is -1.63. The lowest BCUT2D eigenvalue weighted by Gasteiger charge is -2.47. The number of carbonyl (C=O) groups is 3. The number of piperidine rings is 1. The highest BCUT2D eigenvalue weighted by atomic mass is 28.3. The van der Waals surface area contributed by atoms with Crippen LogP contribution in [0.25, 0.3) is 0 Å². The molecule has 9 heteroatoms. The standard InChI is InChI=1S/C25H46N2O6Si/c1-22(2,3)18-15-25(33-34(10)11,27(16-18)21(30)32-24(7,8)9)17-12-13-26(19(28)14-17)20(29)31-23(4,5)6/h17-18,34H,12-16H2,1-11H3/t17?,18-,25-/m0/s1. The van der Waals surface area contributed by atoms with Crippen molar-refractivity contribution in [2.24, 2.45) is 17.3 Å². The van der Waals surface area contributed by atoms with E-state index in [4.69, 9.17) is 13.9 Å². The van der Waals surface area contributed by atoms with E-state index < -0.39 is 38.2 Å². The fourth-order valence-corrected chi connectivity index (χ4v) is 5.99. The number of hydrogen-bond acceptors (Lipinski definition) is 6. The summed E-state index contributed by atoms with van der Waals surface area (Å²) >= 11 is 0. The topological polar surface area (TPSA) is 85.4 Å². The molecule has 3 amide bonds. The van der Waals surface area contributed by atoms with Crippen LogP contribution in [-0.2, 0) is 18.7 Å². The Bertz CT molecular complexity index is 780. The van der Waals surface area contributed by atoms with Crippen LogP contribution in [0.15, 0.2) is 0 Å². The van der Waals surface area contributed by atoms with E-state index in [1.165, 1.54) is 4.90 Å². The highest BCUT2D eigenvalue weighted by Crippen LogP contribution is 2.50. The third-order valence-electron chi connectivity index (χ3n) is 6.35. The normalized spacial score (nSPS) is 26.8. The van der Waals surface area contributed by atoms with Crippen LogP contribution in [0, 0.1) is 17.3 Å². The summed E-state index contributed by atoms with van der Waals surface area (Å²) in [6.07, 6.45) is 0.285. The summed E-state index contributed by atoms with van der Waals surface area (Å²) in [6.45, 7) is 22.3. The SMILES string of the molecule is C[SiH](C)O[C@]1(C2CCN(C(=O)OC(C)(C)C)C(=O)C2)C[C@H](C(C)(C)C)CN1C(=O)OC(C)(C)C. The average Bonchev–Trinajstić information content (AvgIpc) is 2.98. The van der Waals surface area contributed by atoms with Gasteiger partial charge in [0.05, 0.1) is 0 Å². The van der Waals surface area contributed by atoms with Crippen molar-refractivity contribution in [2.75, 3.05) is 13.1 Å². The van der Waals surface area contributed by atoms with Crippen molar-refractivity contribution in [3.8, 4) is 0 Å². The molecule has 2 aliphatic heterocycles. The van der Waals surface area contributed by atoms with Crippen molar-refractivity contribution in [3.63, 3.8) is 0 Å². The minimum Gasteiger partial charge on any atom is -0.444 e. The summed E-state index contributed by atoms with van der Waals surface area (Å²) in [5.74, 6) is -0.331. The maximum atomic E-state index is 13.5. The molecule has 0 radical (unpaired) electrons. The van der Waals surface area contributed by atoms with E-state index in [-0.39, 0.29) is 36.1 Å². The van der Waals surface area contributed by atoms with Crippen LogP contribution in [-0.4, -0.2) is 67.0 Å². The lowest BCUT2D eigenvalue weighted by atomic mass is 9.75. The Morgan fingerprint density at radius 3 is 1.91 bits per heavy atom. The van der Waals surface area contributed by atoms with Gasteiger partial charge < -0.3 is 13.9 Å². The van der Waals surface area contributed by atoms with E-state index in [9.17, 15) is 14.4 Å². The largest absolute Gasteiger partial charge is 0.444 e. The Morgan fingerprint density at radius 1 is 0.941 bits per heavy atom. The van der Waals surface area contributed by atoms with E-state index in [1.54, 1.807) is 25.7 Å². The van der Waals surface area contributed by atoms with E-state index in [0.29, 0.717) is 19.4 Å². The van der Waals surface area contributed by atoms with Crippen molar-refractivity contribution in [1.82, 2.24) is 9.80 Å². The van der Waals surface area contributed by atoms with Crippen LogP contribution in [0.5, 0.6) is 0 Å². The Kier molecular flexibility index (Phi) is 8.25. The number of imide groups is 1. The fourth-order valence-electron chi connectivity index (χ4n) is 4.76. The zero-order valence-corrected chi connectivity index (χ0v) is 24.3. The quantitative estimate of drug-likeness (QED) is 0.500. The van der Waals surface area contributed by atoms with Crippen molar-refractivity contribution < 1.29 is 28.3 Å². The first-order chi connectivity index (χ1) is 15.2. The van der Waals surface area contributed by atoms with Gasteiger partial charge in [-0.1, -0.05) is 20.8 Å². The van der Waals surface area contributed by atoms with Gasteiger partial charge >= 0.3 is 12.2 Å². The lowest BCUT2D eigenvalue weighted by Crippen LogP contribution is -2.60. The van der Waals surface area contributed by atoms with Crippen molar-refractivity contribution in [2.45, 2.75) is 112 Å². The average molecular weight is 499 g/mol. The lowest BCUT2D eigenvalue weighted by molar-refractivity contribution is -0.148. The predicted octanol–water partition coefficient (Wildman–Crippen LogP) is 5.16. The number of hydrogen-bond donors (Lipinski definition) is 0. The van der Waals surface area contributed by atoms with Gasteiger partial charge in [-0.05, 0) is 78.8 Å². The molecule has 0 N–H and O–H groups in total. The number of likely N-dealkylation sites (tertiary alicyclic amines) is 2. The zero-order valence-electron chi connectivity index (χ0n) is 23.1. The van der Waals surface area contributed by atoms with Crippen LogP contribution in [0.2, 0.25) is 13.1 Å². The highest BCUT2D eigenvalue weighted by Gasteiger charge is 2.58. The van der Waals surface area contributed by atoms with Crippen molar-refractivity contribution in [1.29, 1.82) is 0 Å². The third kappa shape index (κ3) is 6.96. The van der Waals surface area contributed by atoms with Gasteiger partial charge in [-0.25, -0.2) is 14.5 Å². The number of nitrogens with zero attached hydrogens (tertiary/aromatic N) is 2. The van der Waals surface area contributed by atoms with E-state index >= 15 is 0 Å². The molecule has 2 saturated heterocycles. The number of ether oxygens (including phenoxy) is 2. The maximum absolute atomic E-state index is 13.5. The predicted molar refractivity (Wildman–Crippen MR) is 134 cm³/mol. The molecule has 0 aromatic carbocycles. The Morgan fingerprint density at radius 2 is 1.47 bits per heavy atom. The van der Waals surface area contributed by atoms with Crippen molar-refractivity contribution >= 4 is 27.1 Å². The molecular formula is C25H46N2O6Si. The fraction of sp³-hybridized carbons (Fsp3) is 0.880. The molecule has 196 valence electrons. The molecule has 3 atom stereocenters. The molecular weight excluding hydrogens is 452 g/mol. The second kappa shape index (κ2) is 9.80. The second-order valence-corrected chi connectivity index (χ2v) is 15.4. The molecule has 0 saturated carbocycles. The first kappa shape index (κ1) is 28.6. The first-order valence-electron chi connectivity index (χ1n) is 12.5. The summed E-state index contributed by atoms with van der Waals surface area (Å²) in [4.78, 5) is 42.1. The van der Waals surface area contributed by atoms with Gasteiger partial charge in [0.1, 0.15) is 16.9 Å². The molecule has 0 bridgehead atoms. The van der Waals surface area contributed by atoms with Crippen LogP contribution in [0.1, 0.15) is 81.6 Å². The summed E-state index contributed by atoms with van der Waals surface area (Å²) in [5.41, 5.74) is -2.30. The van der Waals surface area contributed by atoms with Crippen LogP contribution in [0.3, 0.4) is 0 Å². The Labute approximate surface area is 207 Å². The molecule has 8 nitrogen and oxygen atoms in total. The molecule has 2 fully saturated rings. The van der Waals surface area contributed by atoms with Gasteiger partial charge in [0, 0.05) is 25.4 Å². The molecule has 0 aromatic rings. The minimum absolute atomic E-state index is 0.0505. The molecule has 2 rings (SSSR count). The third-order valence-corrected chi connectivity index (χ3v) is 7.23. The van der Waals surface area contributed by atoms with Gasteiger partial charge in [-0.15, -0.1) is 0 Å². The molecule has 34 heavy (non-hydrogen) atoms. The molecule has 0 aliphatic carbocycles. The van der Waals surface area contributed by atoms with Crippen LogP contribution < -0.4 is 0 Å². The molecule has 0 aromatic heterocycles. The summed E-state index contributed by atoms with van der Waals surface area (Å²) in [6, 6.07) is 0. The smallest absolute Gasteiger partial charge is 0.417 e. The van der Waals surface area contributed by atoms with E-state index in [1.807, 2.05) is 20.8 Å². The van der Waals surface area contributed by atoms with Crippen LogP contribution >= 0.6 is 0 Å². The monoisotopic (exact) mass is 498 g/mol. The molecule has 2 aliphatic rings. The maximum Gasteiger partial charge on any atom is 0.417 e. The van der Waals surface area contributed by atoms with E-state index in [2.05, 4.69) is 33.9 Å². The van der Waals surface area contributed by atoms with Crippen molar-refractivity contribution in [3.05, 3.63) is 0 Å². The van der Waals surface area contributed by atoms with Gasteiger partial charge in [-0.3, -0.25) is 9.69 Å². The Hall–Kier alpha value is -1.61. The summed E-state index contributed by atoms with van der Waals surface area (Å²) < 4.78 is 17.9. The number of amides is 3. The molecule has 2 heterocycles. The molecule has 0 spiro atoms. The first-order valence-corrected chi connectivity index (χ1v) is 15.2. The van der Waals surface area contributed by atoms with E-state index in [0.717, 1.165) is 0 Å². The Balaban J connectivity index is 2.40. The van der Waals surface area contributed by atoms with Gasteiger partial charge in [0.25, 0.3) is 0 Å². The number of carbonyl (C=O) groups excluding carboxylic acids is 3. The second-order valence-electron chi connectivity index (χ2n) is 13.1. The molecule has 1 unspecified atom stereocenters. The summed E-state index contributed by atoms with van der Waals surface area (Å²) in [5, 5.41) is 0. The van der Waals surface area contributed by atoms with Crippen LogP contribution in [0.4, 0.5) is 9.59 Å².